The Labute approximate surface area is 140 Å². The van der Waals surface area contributed by atoms with Crippen molar-refractivity contribution in [1.82, 2.24) is 10.2 Å². The van der Waals surface area contributed by atoms with E-state index in [1.165, 1.54) is 6.07 Å². The zero-order valence-corrected chi connectivity index (χ0v) is 14.5. The van der Waals surface area contributed by atoms with Crippen molar-refractivity contribution in [2.45, 2.75) is 25.4 Å². The fourth-order valence-corrected chi connectivity index (χ4v) is 4.99. The molecule has 0 radical (unpaired) electrons. The van der Waals surface area contributed by atoms with Gasteiger partial charge in [0.05, 0.1) is 28.5 Å². The van der Waals surface area contributed by atoms with Crippen molar-refractivity contribution in [3.63, 3.8) is 0 Å². The fraction of sp³-hybridized carbons (Fsp3) is 0.533. The molecular weight excluding hydrogens is 334 g/mol. The Balaban J connectivity index is 1.94. The molecule has 1 aromatic carbocycles. The van der Waals surface area contributed by atoms with E-state index in [9.17, 15) is 23.3 Å². The first kappa shape index (κ1) is 18.3. The number of carbonyl (C=O) groups is 1. The predicted molar refractivity (Wildman–Crippen MR) is 89.2 cm³/mol. The summed E-state index contributed by atoms with van der Waals surface area (Å²) < 4.78 is 23.1. The zero-order valence-electron chi connectivity index (χ0n) is 13.7. The average Bonchev–Trinajstić information content (AvgIpc) is 2.72. The molecule has 132 valence electrons. The maximum atomic E-state index is 12.2. The van der Waals surface area contributed by atoms with Gasteiger partial charge in [-0.05, 0) is 20.4 Å². The summed E-state index contributed by atoms with van der Waals surface area (Å²) in [5, 5.41) is 13.8. The van der Waals surface area contributed by atoms with Crippen molar-refractivity contribution in [2.24, 2.45) is 0 Å². The van der Waals surface area contributed by atoms with E-state index in [0.717, 1.165) is 0 Å². The number of nitrogens with one attached hydrogen (secondary N) is 1. The van der Waals surface area contributed by atoms with Crippen LogP contribution >= 0.6 is 0 Å². The lowest BCUT2D eigenvalue weighted by molar-refractivity contribution is -0.385. The van der Waals surface area contributed by atoms with Gasteiger partial charge in [-0.1, -0.05) is 18.2 Å². The standard InChI is InChI=1S/C15H21N3O5S/c1-15(7-8-24(22,23)11-15)16-14(19)10-17(2)9-12-5-3-4-6-13(12)18(20)21/h3-6H,7-11H2,1-2H3,(H,16,19). The van der Waals surface area contributed by atoms with Gasteiger partial charge in [0.25, 0.3) is 5.69 Å². The first-order valence-electron chi connectivity index (χ1n) is 7.52. The van der Waals surface area contributed by atoms with Crippen LogP contribution < -0.4 is 5.32 Å². The number of rotatable bonds is 6. The van der Waals surface area contributed by atoms with Gasteiger partial charge in [0.15, 0.2) is 9.84 Å². The van der Waals surface area contributed by atoms with Crippen LogP contribution in [0.4, 0.5) is 5.69 Å². The number of hydrogen-bond acceptors (Lipinski definition) is 6. The number of amides is 1. The number of nitro benzene ring substituents is 1. The monoisotopic (exact) mass is 355 g/mol. The molecule has 1 aliphatic rings. The highest BCUT2D eigenvalue weighted by molar-refractivity contribution is 7.91. The van der Waals surface area contributed by atoms with Crippen LogP contribution in [-0.4, -0.2) is 54.8 Å². The summed E-state index contributed by atoms with van der Waals surface area (Å²) in [7, 11) is -1.41. The van der Waals surface area contributed by atoms with E-state index >= 15 is 0 Å². The molecule has 1 fully saturated rings. The smallest absolute Gasteiger partial charge is 0.273 e. The van der Waals surface area contributed by atoms with E-state index in [2.05, 4.69) is 5.32 Å². The third-order valence-corrected chi connectivity index (χ3v) is 5.89. The number of nitrogens with zero attached hydrogens (tertiary/aromatic N) is 2. The number of carbonyl (C=O) groups excluding carboxylic acids is 1. The molecule has 9 heteroatoms. The molecule has 0 aliphatic carbocycles. The lowest BCUT2D eigenvalue weighted by Gasteiger charge is -2.25. The van der Waals surface area contributed by atoms with Crippen molar-refractivity contribution in [2.75, 3.05) is 25.1 Å². The maximum absolute atomic E-state index is 12.2. The lowest BCUT2D eigenvalue weighted by atomic mass is 10.0. The van der Waals surface area contributed by atoms with E-state index in [1.807, 2.05) is 0 Å². The second-order valence-corrected chi connectivity index (χ2v) is 8.69. The summed E-state index contributed by atoms with van der Waals surface area (Å²) in [5.74, 6) is -0.272. The molecule has 0 spiro atoms. The molecule has 1 atom stereocenters. The van der Waals surface area contributed by atoms with Crippen molar-refractivity contribution in [1.29, 1.82) is 0 Å². The molecular formula is C15H21N3O5S. The molecule has 8 nitrogen and oxygen atoms in total. The van der Waals surface area contributed by atoms with Crippen molar-refractivity contribution in [3.8, 4) is 0 Å². The highest BCUT2D eigenvalue weighted by atomic mass is 32.2. The van der Waals surface area contributed by atoms with Gasteiger partial charge in [-0.25, -0.2) is 8.42 Å². The highest BCUT2D eigenvalue weighted by Crippen LogP contribution is 2.23. The zero-order chi connectivity index (χ0) is 18.0. The normalized spacial score (nSPS) is 22.5. The quantitative estimate of drug-likeness (QED) is 0.595. The Morgan fingerprint density at radius 1 is 1.42 bits per heavy atom. The molecule has 0 aromatic heterocycles. The highest BCUT2D eigenvalue weighted by Gasteiger charge is 2.39. The SMILES string of the molecule is CN(CC(=O)NC1(C)CCS(=O)(=O)C1)Cc1ccccc1[N+](=O)[O-]. The van der Waals surface area contributed by atoms with Gasteiger partial charge in [0, 0.05) is 18.2 Å². The van der Waals surface area contributed by atoms with Crippen LogP contribution in [0.2, 0.25) is 0 Å². The summed E-state index contributed by atoms with van der Waals surface area (Å²) in [6.07, 6.45) is 0.398. The van der Waals surface area contributed by atoms with Crippen LogP contribution in [0.15, 0.2) is 24.3 Å². The number of benzene rings is 1. The van der Waals surface area contributed by atoms with Crippen LogP contribution in [-0.2, 0) is 21.2 Å². The number of sulfone groups is 1. The molecule has 1 aliphatic heterocycles. The molecule has 0 bridgehead atoms. The topological polar surface area (TPSA) is 110 Å². The van der Waals surface area contributed by atoms with Gasteiger partial charge in [0.2, 0.25) is 5.91 Å². The first-order chi connectivity index (χ1) is 11.1. The van der Waals surface area contributed by atoms with Crippen LogP contribution in [0.5, 0.6) is 0 Å². The molecule has 2 rings (SSSR count). The van der Waals surface area contributed by atoms with Gasteiger partial charge in [-0.15, -0.1) is 0 Å². The third kappa shape index (κ3) is 4.75. The minimum Gasteiger partial charge on any atom is -0.349 e. The molecule has 1 aromatic rings. The van der Waals surface area contributed by atoms with Gasteiger partial charge >= 0.3 is 0 Å². The summed E-state index contributed by atoms with van der Waals surface area (Å²) in [4.78, 5) is 24.4. The van der Waals surface area contributed by atoms with E-state index < -0.39 is 20.3 Å². The Morgan fingerprint density at radius 3 is 2.67 bits per heavy atom. The summed E-state index contributed by atoms with van der Waals surface area (Å²) in [6, 6.07) is 6.38. The molecule has 24 heavy (non-hydrogen) atoms. The molecule has 1 N–H and O–H groups in total. The van der Waals surface area contributed by atoms with Gasteiger partial charge in [-0.2, -0.15) is 0 Å². The van der Waals surface area contributed by atoms with Crippen molar-refractivity contribution in [3.05, 3.63) is 39.9 Å². The van der Waals surface area contributed by atoms with Crippen LogP contribution in [0, 0.1) is 10.1 Å². The maximum Gasteiger partial charge on any atom is 0.273 e. The Kier molecular flexibility index (Phi) is 5.24. The van der Waals surface area contributed by atoms with E-state index in [-0.39, 0.29) is 36.2 Å². The van der Waals surface area contributed by atoms with Gasteiger partial charge in [-0.3, -0.25) is 19.8 Å². The Hall–Kier alpha value is -2.00. The molecule has 0 saturated carbocycles. The first-order valence-corrected chi connectivity index (χ1v) is 9.35. The Morgan fingerprint density at radius 2 is 2.08 bits per heavy atom. The minimum atomic E-state index is -3.09. The van der Waals surface area contributed by atoms with Crippen LogP contribution in [0.25, 0.3) is 0 Å². The van der Waals surface area contributed by atoms with E-state index in [4.69, 9.17) is 0 Å². The average molecular weight is 355 g/mol. The van der Waals surface area contributed by atoms with E-state index in [1.54, 1.807) is 37.1 Å². The second kappa shape index (κ2) is 6.86. The number of nitro groups is 1. The van der Waals surface area contributed by atoms with Crippen molar-refractivity contribution < 1.29 is 18.1 Å². The molecule has 1 amide bonds. The van der Waals surface area contributed by atoms with Crippen molar-refractivity contribution >= 4 is 21.4 Å². The van der Waals surface area contributed by atoms with Crippen LogP contribution in [0.1, 0.15) is 18.9 Å². The Bertz CT molecular complexity index is 749. The molecule has 1 saturated heterocycles. The van der Waals surface area contributed by atoms with Crippen LogP contribution in [0.3, 0.4) is 0 Å². The predicted octanol–water partition coefficient (Wildman–Crippen LogP) is 0.720. The van der Waals surface area contributed by atoms with Gasteiger partial charge in [0.1, 0.15) is 0 Å². The molecule has 1 unspecified atom stereocenters. The summed E-state index contributed by atoms with van der Waals surface area (Å²) in [6.45, 7) is 2.00. The fourth-order valence-electron chi connectivity index (χ4n) is 2.90. The number of hydrogen-bond donors (Lipinski definition) is 1. The second-order valence-electron chi connectivity index (χ2n) is 6.51. The number of para-hydroxylation sites is 1. The largest absolute Gasteiger partial charge is 0.349 e. The third-order valence-electron chi connectivity index (χ3n) is 3.99. The number of likely N-dealkylation sites (N-methyl/N-ethyl adjacent to an activating group) is 1. The lowest BCUT2D eigenvalue weighted by Crippen LogP contribution is -2.49. The van der Waals surface area contributed by atoms with E-state index in [0.29, 0.717) is 12.0 Å². The minimum absolute atomic E-state index is 0.0126. The summed E-state index contributed by atoms with van der Waals surface area (Å²) >= 11 is 0. The van der Waals surface area contributed by atoms with Gasteiger partial charge < -0.3 is 5.32 Å². The summed E-state index contributed by atoms with van der Waals surface area (Å²) in [5.41, 5.74) is -0.207. The molecule has 1 heterocycles.